The van der Waals surface area contributed by atoms with Gasteiger partial charge in [-0.15, -0.1) is 0 Å². The Balaban J connectivity index is 1.36. The molecule has 9 atom stereocenters. The van der Waals surface area contributed by atoms with Gasteiger partial charge in [0.2, 0.25) is 0 Å². The zero-order valence-corrected chi connectivity index (χ0v) is 17.0. The van der Waals surface area contributed by atoms with Crippen LogP contribution in [0.4, 0.5) is 0 Å². The van der Waals surface area contributed by atoms with Crippen LogP contribution in [0, 0.1) is 28.6 Å². The molecule has 1 aromatic heterocycles. The van der Waals surface area contributed by atoms with Gasteiger partial charge in [-0.05, 0) is 92.1 Å². The Kier molecular flexibility index (Phi) is 3.49. The highest BCUT2D eigenvalue weighted by Crippen LogP contribution is 2.77. The Labute approximate surface area is 166 Å². The van der Waals surface area contributed by atoms with Gasteiger partial charge in [-0.25, -0.2) is 4.79 Å². The van der Waals surface area contributed by atoms with Crippen molar-refractivity contribution in [3.8, 4) is 0 Å². The number of aliphatic hydroxyl groups excluding tert-OH is 1. The number of fused-ring (bicyclic) bond motifs is 3. The van der Waals surface area contributed by atoms with Gasteiger partial charge in [-0.3, -0.25) is 0 Å². The smallest absolute Gasteiger partial charge is 0.335 e. The van der Waals surface area contributed by atoms with E-state index in [4.69, 9.17) is 9.15 Å². The third-order valence-electron chi connectivity index (χ3n) is 10.2. The van der Waals surface area contributed by atoms with Crippen molar-refractivity contribution in [2.24, 2.45) is 28.6 Å². The van der Waals surface area contributed by atoms with Crippen molar-refractivity contribution < 1.29 is 14.3 Å². The Bertz CT molecular complexity index is 842. The molecule has 4 nitrogen and oxygen atoms in total. The summed E-state index contributed by atoms with van der Waals surface area (Å²) in [5.41, 5.74) is 1.44. The molecule has 6 rings (SSSR count). The lowest BCUT2D eigenvalue weighted by atomic mass is 9.44. The minimum atomic E-state index is -0.266. The summed E-state index contributed by atoms with van der Waals surface area (Å²) in [6, 6.07) is 3.55. The maximum atomic E-state index is 11.4. The second-order valence-corrected chi connectivity index (χ2v) is 11.0. The summed E-state index contributed by atoms with van der Waals surface area (Å²) in [5, 5.41) is 10.2. The molecule has 1 saturated heterocycles. The molecule has 4 aliphatic carbocycles. The van der Waals surface area contributed by atoms with E-state index in [2.05, 4.69) is 13.8 Å². The zero-order valence-electron chi connectivity index (χ0n) is 17.0. The monoisotopic (exact) mass is 384 g/mol. The largest absolute Gasteiger partial charge is 0.431 e. The number of aliphatic hydroxyl groups is 1. The molecule has 1 aromatic rings. The number of ether oxygens (including phenoxy) is 1. The summed E-state index contributed by atoms with van der Waals surface area (Å²) < 4.78 is 11.8. The van der Waals surface area contributed by atoms with E-state index in [0.29, 0.717) is 29.3 Å². The second kappa shape index (κ2) is 5.51. The molecule has 0 radical (unpaired) electrons. The van der Waals surface area contributed by atoms with Gasteiger partial charge in [0.25, 0.3) is 0 Å². The molecule has 1 N–H and O–H groups in total. The molecule has 0 bridgehead atoms. The quantitative estimate of drug-likeness (QED) is 0.735. The molecule has 5 fully saturated rings. The molecule has 0 aromatic carbocycles. The SMILES string of the molecule is C[C@]12CC[C@H](O)CC1CC[C@@H]1C2CC[C@]2(C)C(c3ccc(=O)oc3)C[C@H]3O[C@]132. The summed E-state index contributed by atoms with van der Waals surface area (Å²) >= 11 is 0. The molecule has 1 spiro atoms. The first-order valence-corrected chi connectivity index (χ1v) is 11.3. The maximum absolute atomic E-state index is 11.4. The molecular weight excluding hydrogens is 352 g/mol. The predicted molar refractivity (Wildman–Crippen MR) is 105 cm³/mol. The van der Waals surface area contributed by atoms with E-state index in [-0.39, 0.29) is 22.7 Å². The van der Waals surface area contributed by atoms with E-state index in [9.17, 15) is 9.90 Å². The van der Waals surface area contributed by atoms with Gasteiger partial charge in [0.05, 0.1) is 18.5 Å². The van der Waals surface area contributed by atoms with E-state index < -0.39 is 0 Å². The number of hydrogen-bond donors (Lipinski definition) is 1. The summed E-state index contributed by atoms with van der Waals surface area (Å²) in [5.74, 6) is 2.48. The molecule has 3 unspecified atom stereocenters. The lowest BCUT2D eigenvalue weighted by Gasteiger charge is -2.61. The molecular formula is C24H32O4. The Morgan fingerprint density at radius 1 is 1.04 bits per heavy atom. The predicted octanol–water partition coefficient (Wildman–Crippen LogP) is 4.26. The highest BCUT2D eigenvalue weighted by atomic mass is 16.6. The van der Waals surface area contributed by atoms with E-state index in [1.165, 1.54) is 37.7 Å². The van der Waals surface area contributed by atoms with Crippen LogP contribution in [0.1, 0.15) is 76.7 Å². The second-order valence-electron chi connectivity index (χ2n) is 11.0. The number of hydrogen-bond acceptors (Lipinski definition) is 4. The molecule has 0 amide bonds. The Morgan fingerprint density at radius 2 is 1.89 bits per heavy atom. The molecule has 4 heteroatoms. The van der Waals surface area contributed by atoms with Crippen LogP contribution in [0.15, 0.2) is 27.6 Å². The van der Waals surface area contributed by atoms with Crippen LogP contribution < -0.4 is 5.63 Å². The van der Waals surface area contributed by atoms with E-state index >= 15 is 0 Å². The van der Waals surface area contributed by atoms with Crippen LogP contribution in [0.3, 0.4) is 0 Å². The minimum absolute atomic E-state index is 0.0285. The highest BCUT2D eigenvalue weighted by Gasteiger charge is 2.80. The van der Waals surface area contributed by atoms with Gasteiger partial charge in [0.1, 0.15) is 5.60 Å². The molecule has 1 aliphatic heterocycles. The van der Waals surface area contributed by atoms with E-state index in [1.54, 1.807) is 12.3 Å². The highest BCUT2D eigenvalue weighted by molar-refractivity contribution is 5.35. The summed E-state index contributed by atoms with van der Waals surface area (Å²) in [6.45, 7) is 4.97. The summed E-state index contributed by atoms with van der Waals surface area (Å²) in [7, 11) is 0. The van der Waals surface area contributed by atoms with Crippen LogP contribution in [0.5, 0.6) is 0 Å². The van der Waals surface area contributed by atoms with Crippen LogP contribution in [0.25, 0.3) is 0 Å². The Morgan fingerprint density at radius 3 is 2.68 bits per heavy atom. The fourth-order valence-electron chi connectivity index (χ4n) is 8.74. The van der Waals surface area contributed by atoms with Crippen LogP contribution >= 0.6 is 0 Å². The lowest BCUT2D eigenvalue weighted by Crippen LogP contribution is -2.58. The first kappa shape index (κ1) is 17.7. The standard InChI is InChI=1S/C24H32O4/c1-22-9-7-16(25)11-15(22)4-5-18-17(22)8-10-23(2)19(12-20-24(18,23)28-20)14-3-6-21(26)27-13-14/h3,6,13,15-20,25H,4-5,7-12H2,1-2H3/t15?,16-,17?,18+,19?,20+,22-,23+,24+/m0/s1. The maximum Gasteiger partial charge on any atom is 0.335 e. The molecule has 2 heterocycles. The van der Waals surface area contributed by atoms with Gasteiger partial charge in [-0.2, -0.15) is 0 Å². The van der Waals surface area contributed by atoms with Gasteiger partial charge >= 0.3 is 5.63 Å². The third kappa shape index (κ3) is 2.01. The average molecular weight is 385 g/mol. The fraction of sp³-hybridized carbons (Fsp3) is 0.792. The fourth-order valence-corrected chi connectivity index (χ4v) is 8.74. The first-order valence-electron chi connectivity index (χ1n) is 11.3. The summed E-state index contributed by atoms with van der Waals surface area (Å²) in [4.78, 5) is 11.4. The third-order valence-corrected chi connectivity index (χ3v) is 10.2. The average Bonchev–Trinajstić information content (AvgIpc) is 3.33. The summed E-state index contributed by atoms with van der Waals surface area (Å²) in [6.07, 6.45) is 11.1. The molecule has 28 heavy (non-hydrogen) atoms. The van der Waals surface area contributed by atoms with Crippen LogP contribution in [0.2, 0.25) is 0 Å². The van der Waals surface area contributed by atoms with Crippen molar-refractivity contribution in [2.75, 3.05) is 0 Å². The first-order chi connectivity index (χ1) is 13.4. The Hall–Kier alpha value is -1.13. The van der Waals surface area contributed by atoms with Gasteiger partial charge in [-0.1, -0.05) is 13.8 Å². The van der Waals surface area contributed by atoms with Gasteiger partial charge < -0.3 is 14.3 Å². The van der Waals surface area contributed by atoms with Crippen molar-refractivity contribution in [3.05, 3.63) is 34.4 Å². The normalized spacial score (nSPS) is 54.2. The molecule has 152 valence electrons. The number of epoxide rings is 1. The number of rotatable bonds is 1. The topological polar surface area (TPSA) is 63.0 Å². The van der Waals surface area contributed by atoms with Crippen molar-refractivity contribution >= 4 is 0 Å². The minimum Gasteiger partial charge on any atom is -0.431 e. The lowest BCUT2D eigenvalue weighted by molar-refractivity contribution is -0.139. The van der Waals surface area contributed by atoms with Crippen LogP contribution in [-0.2, 0) is 4.74 Å². The van der Waals surface area contributed by atoms with Gasteiger partial charge in [0, 0.05) is 11.5 Å². The molecule has 5 aliphatic rings. The van der Waals surface area contributed by atoms with Crippen molar-refractivity contribution in [1.29, 1.82) is 0 Å². The molecule has 4 saturated carbocycles. The van der Waals surface area contributed by atoms with Crippen molar-refractivity contribution in [2.45, 2.75) is 88.9 Å². The van der Waals surface area contributed by atoms with Gasteiger partial charge in [0.15, 0.2) is 0 Å². The van der Waals surface area contributed by atoms with E-state index in [1.807, 2.05) is 6.07 Å². The van der Waals surface area contributed by atoms with Crippen molar-refractivity contribution in [3.63, 3.8) is 0 Å². The van der Waals surface area contributed by atoms with E-state index in [0.717, 1.165) is 25.2 Å². The van der Waals surface area contributed by atoms with Crippen molar-refractivity contribution in [1.82, 2.24) is 0 Å². The zero-order chi connectivity index (χ0) is 19.3. The van der Waals surface area contributed by atoms with Crippen LogP contribution in [-0.4, -0.2) is 22.9 Å².